The molecule has 15 heavy (non-hydrogen) atoms. The van der Waals surface area contributed by atoms with Crippen LogP contribution in [0.1, 0.15) is 0 Å². The average Bonchev–Trinajstić information content (AvgIpc) is 2.20. The van der Waals surface area contributed by atoms with E-state index in [1.165, 1.54) is 18.2 Å². The highest BCUT2D eigenvalue weighted by atomic mass is 19.1. The molecule has 0 radical (unpaired) electrons. The molecule has 4 heteroatoms. The number of anilines is 1. The quantitative estimate of drug-likeness (QED) is 0.700. The third-order valence-electron chi connectivity index (χ3n) is 2.03. The van der Waals surface area contributed by atoms with Gasteiger partial charge < -0.3 is 10.8 Å². The van der Waals surface area contributed by atoms with Gasteiger partial charge >= 0.3 is 0 Å². The Morgan fingerprint density at radius 2 is 2.00 bits per heavy atom. The van der Waals surface area contributed by atoms with Gasteiger partial charge in [0.1, 0.15) is 11.6 Å². The van der Waals surface area contributed by atoms with Crippen LogP contribution >= 0.6 is 0 Å². The molecule has 2 rings (SSSR count). The second-order valence-electron chi connectivity index (χ2n) is 3.14. The van der Waals surface area contributed by atoms with Crippen LogP contribution < -0.4 is 5.73 Å². The first kappa shape index (κ1) is 9.45. The van der Waals surface area contributed by atoms with Gasteiger partial charge in [0.25, 0.3) is 0 Å². The van der Waals surface area contributed by atoms with Gasteiger partial charge in [0.15, 0.2) is 0 Å². The number of phenols is 1. The maximum absolute atomic E-state index is 12.6. The van der Waals surface area contributed by atoms with Gasteiger partial charge in [-0.2, -0.15) is 0 Å². The number of aromatic hydroxyl groups is 1. The highest BCUT2D eigenvalue weighted by Gasteiger charge is 2.05. The van der Waals surface area contributed by atoms with Crippen molar-refractivity contribution < 1.29 is 9.50 Å². The van der Waals surface area contributed by atoms with Gasteiger partial charge in [0.2, 0.25) is 0 Å². The van der Waals surface area contributed by atoms with Gasteiger partial charge in [-0.3, -0.25) is 4.98 Å². The summed E-state index contributed by atoms with van der Waals surface area (Å²) in [4.78, 5) is 3.86. The van der Waals surface area contributed by atoms with Crippen molar-refractivity contribution >= 4 is 5.69 Å². The van der Waals surface area contributed by atoms with E-state index >= 15 is 0 Å². The standard InChI is InChI=1S/C11H9FN2O/c12-7-1-4-10(14-6-7)9-3-2-8(13)5-11(9)15/h1-6,15H,13H2. The van der Waals surface area contributed by atoms with Gasteiger partial charge in [-0.1, -0.05) is 0 Å². The Hall–Kier alpha value is -2.10. The van der Waals surface area contributed by atoms with Gasteiger partial charge in [0.05, 0.1) is 11.9 Å². The molecule has 0 spiro atoms. The lowest BCUT2D eigenvalue weighted by molar-refractivity contribution is 0.477. The van der Waals surface area contributed by atoms with Crippen LogP contribution in [0.15, 0.2) is 36.5 Å². The van der Waals surface area contributed by atoms with Crippen molar-refractivity contribution in [3.63, 3.8) is 0 Å². The van der Waals surface area contributed by atoms with Crippen LogP contribution in [-0.4, -0.2) is 10.1 Å². The molecule has 0 unspecified atom stereocenters. The van der Waals surface area contributed by atoms with Crippen molar-refractivity contribution in [2.75, 3.05) is 5.73 Å². The smallest absolute Gasteiger partial charge is 0.141 e. The van der Waals surface area contributed by atoms with Crippen molar-refractivity contribution in [2.45, 2.75) is 0 Å². The maximum Gasteiger partial charge on any atom is 0.141 e. The molecule has 3 nitrogen and oxygen atoms in total. The van der Waals surface area contributed by atoms with Crippen molar-refractivity contribution in [1.82, 2.24) is 4.98 Å². The minimum atomic E-state index is -0.409. The molecular weight excluding hydrogens is 195 g/mol. The molecule has 0 amide bonds. The molecule has 0 bridgehead atoms. The molecule has 0 saturated carbocycles. The van der Waals surface area contributed by atoms with Crippen LogP contribution in [0.25, 0.3) is 11.3 Å². The lowest BCUT2D eigenvalue weighted by Crippen LogP contribution is -1.88. The predicted octanol–water partition coefficient (Wildman–Crippen LogP) is 2.18. The summed E-state index contributed by atoms with van der Waals surface area (Å²) in [5.41, 5.74) is 7.00. The summed E-state index contributed by atoms with van der Waals surface area (Å²) < 4.78 is 12.6. The molecule has 0 aliphatic carbocycles. The monoisotopic (exact) mass is 204 g/mol. The topological polar surface area (TPSA) is 59.1 Å². The third-order valence-corrected chi connectivity index (χ3v) is 2.03. The zero-order chi connectivity index (χ0) is 10.8. The lowest BCUT2D eigenvalue weighted by Gasteiger charge is -2.04. The normalized spacial score (nSPS) is 10.2. The number of pyridine rings is 1. The highest BCUT2D eigenvalue weighted by molar-refractivity contribution is 5.69. The van der Waals surface area contributed by atoms with E-state index < -0.39 is 5.82 Å². The molecule has 0 aliphatic heterocycles. The molecule has 1 heterocycles. The average molecular weight is 204 g/mol. The van der Waals surface area contributed by atoms with Crippen LogP contribution in [0.3, 0.4) is 0 Å². The second-order valence-corrected chi connectivity index (χ2v) is 3.14. The zero-order valence-electron chi connectivity index (χ0n) is 7.81. The molecule has 0 aliphatic rings. The number of benzene rings is 1. The minimum Gasteiger partial charge on any atom is -0.507 e. The van der Waals surface area contributed by atoms with E-state index in [0.29, 0.717) is 16.9 Å². The van der Waals surface area contributed by atoms with Gasteiger partial charge in [0, 0.05) is 17.3 Å². The summed E-state index contributed by atoms with van der Waals surface area (Å²) in [5.74, 6) is -0.372. The van der Waals surface area contributed by atoms with E-state index in [4.69, 9.17) is 5.73 Å². The first-order valence-corrected chi connectivity index (χ1v) is 4.37. The summed E-state index contributed by atoms with van der Waals surface area (Å²) in [7, 11) is 0. The second kappa shape index (κ2) is 3.57. The van der Waals surface area contributed by atoms with Crippen LogP contribution in [0, 0.1) is 5.82 Å². The number of hydrogen-bond acceptors (Lipinski definition) is 3. The lowest BCUT2D eigenvalue weighted by atomic mass is 10.1. The highest BCUT2D eigenvalue weighted by Crippen LogP contribution is 2.29. The van der Waals surface area contributed by atoms with E-state index in [1.807, 2.05) is 0 Å². The summed E-state index contributed by atoms with van der Waals surface area (Å²) in [6, 6.07) is 7.52. The number of hydrogen-bond donors (Lipinski definition) is 2. The number of aromatic nitrogens is 1. The van der Waals surface area contributed by atoms with Crippen molar-refractivity contribution in [3.05, 3.63) is 42.3 Å². The molecule has 1 aromatic carbocycles. The predicted molar refractivity (Wildman–Crippen MR) is 55.7 cm³/mol. The van der Waals surface area contributed by atoms with E-state index in [0.717, 1.165) is 6.20 Å². The summed E-state index contributed by atoms with van der Waals surface area (Å²) in [5, 5.41) is 9.60. The number of halogens is 1. The Balaban J connectivity index is 2.49. The SMILES string of the molecule is Nc1ccc(-c2ccc(F)cn2)c(O)c1. The van der Waals surface area contributed by atoms with Crippen molar-refractivity contribution in [3.8, 4) is 17.0 Å². The van der Waals surface area contributed by atoms with Crippen molar-refractivity contribution in [2.24, 2.45) is 0 Å². The van der Waals surface area contributed by atoms with Crippen molar-refractivity contribution in [1.29, 1.82) is 0 Å². The summed E-state index contributed by atoms with van der Waals surface area (Å²) >= 11 is 0. The van der Waals surface area contributed by atoms with Crippen LogP contribution in [0.5, 0.6) is 5.75 Å². The maximum atomic E-state index is 12.6. The largest absolute Gasteiger partial charge is 0.507 e. The summed E-state index contributed by atoms with van der Waals surface area (Å²) in [6.07, 6.45) is 1.10. The molecule has 0 atom stereocenters. The number of phenolic OH excluding ortho intramolecular Hbond substituents is 1. The fraction of sp³-hybridized carbons (Fsp3) is 0. The molecule has 0 saturated heterocycles. The number of nitrogen functional groups attached to an aromatic ring is 1. The third kappa shape index (κ3) is 1.88. The first-order valence-electron chi connectivity index (χ1n) is 4.37. The van der Waals surface area contributed by atoms with Gasteiger partial charge in [-0.25, -0.2) is 4.39 Å². The fourth-order valence-corrected chi connectivity index (χ4v) is 1.30. The Morgan fingerprint density at radius 3 is 2.60 bits per heavy atom. The van der Waals surface area contributed by atoms with Gasteiger partial charge in [-0.05, 0) is 24.3 Å². The zero-order valence-corrected chi connectivity index (χ0v) is 7.81. The van der Waals surface area contributed by atoms with E-state index in [-0.39, 0.29) is 5.75 Å². The molecule has 2 aromatic rings. The Morgan fingerprint density at radius 1 is 1.20 bits per heavy atom. The van der Waals surface area contributed by atoms with Crippen LogP contribution in [-0.2, 0) is 0 Å². The Bertz CT molecular complexity index is 482. The molecule has 76 valence electrons. The van der Waals surface area contributed by atoms with E-state index in [9.17, 15) is 9.50 Å². The van der Waals surface area contributed by atoms with Gasteiger partial charge in [-0.15, -0.1) is 0 Å². The summed E-state index contributed by atoms with van der Waals surface area (Å²) in [6.45, 7) is 0. The molecule has 0 fully saturated rings. The molecular formula is C11H9FN2O. The first-order chi connectivity index (χ1) is 7.16. The van der Waals surface area contributed by atoms with Crippen LogP contribution in [0.4, 0.5) is 10.1 Å². The Kier molecular flexibility index (Phi) is 2.25. The van der Waals surface area contributed by atoms with Crippen LogP contribution in [0.2, 0.25) is 0 Å². The number of nitrogens with two attached hydrogens (primary N) is 1. The number of rotatable bonds is 1. The number of nitrogens with zero attached hydrogens (tertiary/aromatic N) is 1. The fourth-order valence-electron chi connectivity index (χ4n) is 1.30. The molecule has 3 N–H and O–H groups in total. The Labute approximate surface area is 86.0 Å². The minimum absolute atomic E-state index is 0.0362. The molecule has 1 aromatic heterocycles. The van der Waals surface area contributed by atoms with E-state index in [2.05, 4.69) is 4.98 Å². The van der Waals surface area contributed by atoms with E-state index in [1.54, 1.807) is 12.1 Å².